The normalized spacial score (nSPS) is 16.2. The number of rotatable bonds is 2. The summed E-state index contributed by atoms with van der Waals surface area (Å²) >= 11 is 0. The fourth-order valence-electron chi connectivity index (χ4n) is 0.626. The minimum absolute atomic E-state index is 0.318. The monoisotopic (exact) mass is 188 g/mol. The van der Waals surface area contributed by atoms with E-state index in [0.29, 0.717) is 12.5 Å². The van der Waals surface area contributed by atoms with Crippen LogP contribution in [0.15, 0.2) is 0 Å². The number of carbonyl (C=O) groups excluding carboxylic acids is 1. The molecule has 0 amide bonds. The number of ether oxygens (including phenoxy) is 1. The molecule has 0 atom stereocenters. The fourth-order valence-corrected chi connectivity index (χ4v) is 0.626. The molecule has 78 valence electrons. The van der Waals surface area contributed by atoms with Crippen molar-refractivity contribution in [3.63, 3.8) is 0 Å². The van der Waals surface area contributed by atoms with Crippen molar-refractivity contribution in [1.82, 2.24) is 5.01 Å². The zero-order valence-corrected chi connectivity index (χ0v) is 8.91. The lowest BCUT2D eigenvalue weighted by molar-refractivity contribution is -0.138. The lowest BCUT2D eigenvalue weighted by atomic mass is 10.2. The summed E-state index contributed by atoms with van der Waals surface area (Å²) in [6, 6.07) is 0.713. The van der Waals surface area contributed by atoms with Crippen molar-refractivity contribution >= 4 is 6.47 Å². The predicted molar refractivity (Wildman–Crippen MR) is 51.9 cm³/mol. The van der Waals surface area contributed by atoms with Gasteiger partial charge in [-0.25, -0.2) is 5.01 Å². The van der Waals surface area contributed by atoms with Gasteiger partial charge in [-0.15, -0.1) is 0 Å². The molecule has 0 spiro atoms. The van der Waals surface area contributed by atoms with Gasteiger partial charge in [-0.1, -0.05) is 0 Å². The number of carbonyl (C=O) groups is 1. The van der Waals surface area contributed by atoms with Crippen molar-refractivity contribution in [2.45, 2.75) is 45.3 Å². The second-order valence-electron chi connectivity index (χ2n) is 4.22. The van der Waals surface area contributed by atoms with Gasteiger partial charge in [-0.05, 0) is 33.6 Å². The molecule has 2 N–H and O–H groups in total. The van der Waals surface area contributed by atoms with Gasteiger partial charge >= 0.3 is 0 Å². The van der Waals surface area contributed by atoms with Gasteiger partial charge in [-0.3, -0.25) is 10.6 Å². The molecule has 0 aliphatic heterocycles. The van der Waals surface area contributed by atoms with Gasteiger partial charge in [0.25, 0.3) is 6.47 Å². The first-order chi connectivity index (χ1) is 5.87. The van der Waals surface area contributed by atoms with E-state index in [-0.39, 0.29) is 5.60 Å². The molecule has 4 nitrogen and oxygen atoms in total. The molecule has 0 heterocycles. The third-order valence-corrected chi connectivity index (χ3v) is 1.52. The van der Waals surface area contributed by atoms with Crippen LogP contribution in [0.3, 0.4) is 0 Å². The van der Waals surface area contributed by atoms with Gasteiger partial charge in [0.15, 0.2) is 0 Å². The maximum absolute atomic E-state index is 9.60. The molecule has 1 aliphatic carbocycles. The molecule has 0 saturated heterocycles. The summed E-state index contributed by atoms with van der Waals surface area (Å²) in [4.78, 5) is 9.60. The van der Waals surface area contributed by atoms with E-state index in [1.54, 1.807) is 5.01 Å². The Bertz CT molecular complexity index is 148. The molecule has 1 saturated carbocycles. The lowest BCUT2D eigenvalue weighted by Crippen LogP contribution is -2.27. The van der Waals surface area contributed by atoms with Crippen LogP contribution in [0, 0.1) is 0 Å². The van der Waals surface area contributed by atoms with Crippen LogP contribution >= 0.6 is 0 Å². The van der Waals surface area contributed by atoms with E-state index in [1.165, 1.54) is 12.8 Å². The number of hydrazine groups is 1. The standard InChI is InChI=1S/C5H10O2.C4H10N2/c1-5(2,3)7-4-6;1-6(5)4-2-3-4/h4H,1-3H3;4H,2-3,5H2,1H3. The van der Waals surface area contributed by atoms with E-state index in [9.17, 15) is 4.79 Å². The quantitative estimate of drug-likeness (QED) is 0.397. The summed E-state index contributed by atoms with van der Waals surface area (Å²) in [5, 5.41) is 1.78. The van der Waals surface area contributed by atoms with E-state index in [1.807, 2.05) is 27.8 Å². The van der Waals surface area contributed by atoms with Crippen LogP contribution < -0.4 is 5.84 Å². The van der Waals surface area contributed by atoms with Gasteiger partial charge in [-0.2, -0.15) is 0 Å². The summed E-state index contributed by atoms with van der Waals surface area (Å²) < 4.78 is 4.55. The molecule has 0 aromatic heterocycles. The Labute approximate surface area is 80.0 Å². The average Bonchev–Trinajstić information content (AvgIpc) is 2.64. The Hall–Kier alpha value is -0.610. The Morgan fingerprint density at radius 3 is 1.92 bits per heavy atom. The van der Waals surface area contributed by atoms with Crippen LogP contribution in [0.25, 0.3) is 0 Å². The lowest BCUT2D eigenvalue weighted by Gasteiger charge is -2.14. The first kappa shape index (κ1) is 12.4. The van der Waals surface area contributed by atoms with Gasteiger partial charge in [0, 0.05) is 13.1 Å². The molecular weight excluding hydrogens is 168 g/mol. The summed E-state index contributed by atoms with van der Waals surface area (Å²) in [6.07, 6.45) is 2.60. The molecule has 0 aromatic carbocycles. The molecule has 0 bridgehead atoms. The van der Waals surface area contributed by atoms with E-state index in [2.05, 4.69) is 4.74 Å². The van der Waals surface area contributed by atoms with Gasteiger partial charge in [0.1, 0.15) is 5.60 Å². The van der Waals surface area contributed by atoms with Gasteiger partial charge < -0.3 is 4.74 Å². The maximum Gasteiger partial charge on any atom is 0.293 e. The summed E-state index contributed by atoms with van der Waals surface area (Å²) in [6.45, 7) is 5.92. The highest BCUT2D eigenvalue weighted by molar-refractivity contribution is 5.37. The molecule has 0 unspecified atom stereocenters. The largest absolute Gasteiger partial charge is 0.462 e. The van der Waals surface area contributed by atoms with E-state index in [4.69, 9.17) is 5.84 Å². The fraction of sp³-hybridized carbons (Fsp3) is 0.889. The number of hydrogen-bond donors (Lipinski definition) is 1. The van der Waals surface area contributed by atoms with Crippen LogP contribution in [0.1, 0.15) is 33.6 Å². The van der Waals surface area contributed by atoms with Crippen LogP contribution in [0.2, 0.25) is 0 Å². The molecule has 1 aliphatic rings. The Morgan fingerprint density at radius 1 is 1.46 bits per heavy atom. The van der Waals surface area contributed by atoms with E-state index < -0.39 is 0 Å². The SMILES string of the molecule is CC(C)(C)OC=O.CN(N)C1CC1. The second kappa shape index (κ2) is 5.19. The average molecular weight is 188 g/mol. The molecule has 13 heavy (non-hydrogen) atoms. The maximum atomic E-state index is 9.60. The third-order valence-electron chi connectivity index (χ3n) is 1.52. The number of nitrogens with two attached hydrogens (primary N) is 1. The highest BCUT2D eigenvalue weighted by atomic mass is 16.5. The van der Waals surface area contributed by atoms with Crippen LogP contribution in [-0.4, -0.2) is 30.2 Å². The molecule has 1 fully saturated rings. The molecular formula is C9H20N2O2. The van der Waals surface area contributed by atoms with Crippen molar-refractivity contribution in [3.8, 4) is 0 Å². The minimum Gasteiger partial charge on any atom is -0.462 e. The smallest absolute Gasteiger partial charge is 0.293 e. The third kappa shape index (κ3) is 9.30. The Morgan fingerprint density at radius 2 is 1.92 bits per heavy atom. The number of hydrogen-bond acceptors (Lipinski definition) is 4. The van der Waals surface area contributed by atoms with Crippen molar-refractivity contribution in [1.29, 1.82) is 0 Å². The zero-order valence-electron chi connectivity index (χ0n) is 8.91. The Balaban J connectivity index is 0.000000223. The van der Waals surface area contributed by atoms with Crippen molar-refractivity contribution in [2.75, 3.05) is 7.05 Å². The summed E-state index contributed by atoms with van der Waals surface area (Å²) in [7, 11) is 1.91. The second-order valence-corrected chi connectivity index (χ2v) is 4.22. The topological polar surface area (TPSA) is 55.6 Å². The van der Waals surface area contributed by atoms with E-state index >= 15 is 0 Å². The number of nitrogens with zero attached hydrogens (tertiary/aromatic N) is 1. The predicted octanol–water partition coefficient (Wildman–Crippen LogP) is 0.912. The first-order valence-corrected chi connectivity index (χ1v) is 4.46. The Kier molecular flexibility index (Phi) is 4.95. The van der Waals surface area contributed by atoms with Gasteiger partial charge in [0.2, 0.25) is 0 Å². The molecule has 1 rings (SSSR count). The molecule has 4 heteroatoms. The van der Waals surface area contributed by atoms with E-state index in [0.717, 1.165) is 0 Å². The summed E-state index contributed by atoms with van der Waals surface area (Å²) in [5.74, 6) is 5.33. The van der Waals surface area contributed by atoms with Crippen LogP contribution in [0.5, 0.6) is 0 Å². The van der Waals surface area contributed by atoms with Crippen molar-refractivity contribution < 1.29 is 9.53 Å². The molecule has 0 aromatic rings. The van der Waals surface area contributed by atoms with Gasteiger partial charge in [0.05, 0.1) is 0 Å². The van der Waals surface area contributed by atoms with Crippen LogP contribution in [0.4, 0.5) is 0 Å². The minimum atomic E-state index is -0.318. The van der Waals surface area contributed by atoms with Crippen molar-refractivity contribution in [2.24, 2.45) is 5.84 Å². The van der Waals surface area contributed by atoms with Crippen molar-refractivity contribution in [3.05, 3.63) is 0 Å². The summed E-state index contributed by atoms with van der Waals surface area (Å²) in [5.41, 5.74) is -0.318. The molecule has 0 radical (unpaired) electrons. The highest BCUT2D eigenvalue weighted by Gasteiger charge is 2.23. The first-order valence-electron chi connectivity index (χ1n) is 4.46. The highest BCUT2D eigenvalue weighted by Crippen LogP contribution is 2.22. The zero-order chi connectivity index (χ0) is 10.5. The van der Waals surface area contributed by atoms with Crippen LogP contribution in [-0.2, 0) is 9.53 Å².